The lowest BCUT2D eigenvalue weighted by atomic mass is 10.3. The summed E-state index contributed by atoms with van der Waals surface area (Å²) in [5.74, 6) is -0.173. The number of carbonyl (C=O) groups excluding carboxylic acids is 1. The monoisotopic (exact) mass is 209 g/mol. The second-order valence-corrected chi connectivity index (χ2v) is 3.12. The number of rotatable bonds is 4. The van der Waals surface area contributed by atoms with Crippen LogP contribution in [0.4, 0.5) is 5.69 Å². The first kappa shape index (κ1) is 11.6. The summed E-state index contributed by atoms with van der Waals surface area (Å²) in [7, 11) is 0. The molecule has 82 valence electrons. The van der Waals surface area contributed by atoms with Gasteiger partial charge in [-0.1, -0.05) is 0 Å². The van der Waals surface area contributed by atoms with Crippen LogP contribution < -0.4 is 5.32 Å². The SMILES string of the molecule is CCOC(C)C(=O)Nc1ccnnc1C. The first-order valence-corrected chi connectivity index (χ1v) is 4.86. The second kappa shape index (κ2) is 5.41. The summed E-state index contributed by atoms with van der Waals surface area (Å²) in [5.41, 5.74) is 1.36. The number of aryl methyl sites for hydroxylation is 1. The van der Waals surface area contributed by atoms with E-state index in [-0.39, 0.29) is 5.91 Å². The first-order chi connectivity index (χ1) is 7.15. The maximum absolute atomic E-state index is 11.6. The van der Waals surface area contributed by atoms with Gasteiger partial charge in [-0.05, 0) is 26.8 Å². The zero-order chi connectivity index (χ0) is 11.3. The Morgan fingerprint density at radius 1 is 1.67 bits per heavy atom. The molecule has 0 fully saturated rings. The van der Waals surface area contributed by atoms with E-state index < -0.39 is 6.10 Å². The van der Waals surface area contributed by atoms with Crippen molar-refractivity contribution in [2.75, 3.05) is 11.9 Å². The van der Waals surface area contributed by atoms with Crippen molar-refractivity contribution in [2.24, 2.45) is 0 Å². The maximum atomic E-state index is 11.6. The Hall–Kier alpha value is -1.49. The van der Waals surface area contributed by atoms with Gasteiger partial charge in [0.1, 0.15) is 6.10 Å². The van der Waals surface area contributed by atoms with Gasteiger partial charge in [0, 0.05) is 6.61 Å². The quantitative estimate of drug-likeness (QED) is 0.807. The lowest BCUT2D eigenvalue weighted by molar-refractivity contribution is -0.126. The van der Waals surface area contributed by atoms with Crippen molar-refractivity contribution in [1.29, 1.82) is 0 Å². The molecule has 0 bridgehead atoms. The predicted molar refractivity (Wildman–Crippen MR) is 56.5 cm³/mol. The molecule has 1 amide bonds. The van der Waals surface area contributed by atoms with E-state index in [2.05, 4.69) is 15.5 Å². The Kier molecular flexibility index (Phi) is 4.17. The third kappa shape index (κ3) is 3.28. The average molecular weight is 209 g/mol. The third-order valence-corrected chi connectivity index (χ3v) is 1.95. The van der Waals surface area contributed by atoms with Gasteiger partial charge < -0.3 is 10.1 Å². The minimum absolute atomic E-state index is 0.173. The molecule has 1 aromatic rings. The highest BCUT2D eigenvalue weighted by atomic mass is 16.5. The molecule has 1 aromatic heterocycles. The van der Waals surface area contributed by atoms with Crippen LogP contribution in [0, 0.1) is 6.92 Å². The van der Waals surface area contributed by atoms with Crippen molar-refractivity contribution in [1.82, 2.24) is 10.2 Å². The molecule has 1 rings (SSSR count). The van der Waals surface area contributed by atoms with Gasteiger partial charge in [-0.3, -0.25) is 4.79 Å². The van der Waals surface area contributed by atoms with Crippen LogP contribution in [0.15, 0.2) is 12.3 Å². The summed E-state index contributed by atoms with van der Waals surface area (Å²) in [6, 6.07) is 1.71. The van der Waals surface area contributed by atoms with Gasteiger partial charge >= 0.3 is 0 Å². The third-order valence-electron chi connectivity index (χ3n) is 1.95. The first-order valence-electron chi connectivity index (χ1n) is 4.86. The van der Waals surface area contributed by atoms with E-state index in [1.807, 2.05) is 6.92 Å². The van der Waals surface area contributed by atoms with Crippen molar-refractivity contribution >= 4 is 11.6 Å². The lowest BCUT2D eigenvalue weighted by Crippen LogP contribution is -2.28. The number of hydrogen-bond donors (Lipinski definition) is 1. The van der Waals surface area contributed by atoms with E-state index in [1.165, 1.54) is 6.20 Å². The summed E-state index contributed by atoms with van der Waals surface area (Å²) in [6.07, 6.45) is 1.08. The molecule has 0 aromatic carbocycles. The van der Waals surface area contributed by atoms with Gasteiger partial charge in [0.25, 0.3) is 5.91 Å². The normalized spacial score (nSPS) is 12.2. The van der Waals surface area contributed by atoms with Crippen LogP contribution in [-0.4, -0.2) is 28.8 Å². The molecule has 0 saturated heterocycles. The Morgan fingerprint density at radius 3 is 3.00 bits per heavy atom. The fourth-order valence-electron chi connectivity index (χ4n) is 1.09. The molecule has 0 spiro atoms. The molecule has 0 aliphatic rings. The van der Waals surface area contributed by atoms with Gasteiger partial charge in [-0.15, -0.1) is 0 Å². The second-order valence-electron chi connectivity index (χ2n) is 3.12. The van der Waals surface area contributed by atoms with Crippen molar-refractivity contribution < 1.29 is 9.53 Å². The average Bonchev–Trinajstić information content (AvgIpc) is 2.21. The van der Waals surface area contributed by atoms with Crippen LogP contribution in [0.25, 0.3) is 0 Å². The number of nitrogens with one attached hydrogen (secondary N) is 1. The number of ether oxygens (including phenoxy) is 1. The molecule has 1 atom stereocenters. The molecule has 1 unspecified atom stereocenters. The van der Waals surface area contributed by atoms with E-state index in [1.54, 1.807) is 19.9 Å². The molecular weight excluding hydrogens is 194 g/mol. The maximum Gasteiger partial charge on any atom is 0.253 e. The van der Waals surface area contributed by atoms with E-state index in [0.29, 0.717) is 18.0 Å². The number of hydrogen-bond acceptors (Lipinski definition) is 4. The Labute approximate surface area is 88.9 Å². The highest BCUT2D eigenvalue weighted by Gasteiger charge is 2.13. The molecule has 5 nitrogen and oxygen atoms in total. The zero-order valence-electron chi connectivity index (χ0n) is 9.15. The molecule has 1 N–H and O–H groups in total. The fraction of sp³-hybridized carbons (Fsp3) is 0.500. The van der Waals surface area contributed by atoms with Crippen molar-refractivity contribution in [2.45, 2.75) is 26.9 Å². The van der Waals surface area contributed by atoms with Crippen LogP contribution >= 0.6 is 0 Å². The number of anilines is 1. The zero-order valence-corrected chi connectivity index (χ0v) is 9.15. The number of amides is 1. The van der Waals surface area contributed by atoms with Gasteiger partial charge in [0.2, 0.25) is 0 Å². The fourth-order valence-corrected chi connectivity index (χ4v) is 1.09. The molecule has 0 radical (unpaired) electrons. The molecule has 0 saturated carbocycles. The Bertz CT molecular complexity index is 341. The molecule has 0 aliphatic heterocycles. The number of nitrogens with zero attached hydrogens (tertiary/aromatic N) is 2. The van der Waals surface area contributed by atoms with E-state index >= 15 is 0 Å². The van der Waals surface area contributed by atoms with Crippen molar-refractivity contribution in [3.05, 3.63) is 18.0 Å². The van der Waals surface area contributed by atoms with Gasteiger partial charge in [0.05, 0.1) is 17.6 Å². The minimum atomic E-state index is -0.456. The summed E-state index contributed by atoms with van der Waals surface area (Å²) >= 11 is 0. The van der Waals surface area contributed by atoms with Crippen molar-refractivity contribution in [3.8, 4) is 0 Å². The van der Waals surface area contributed by atoms with E-state index in [9.17, 15) is 4.79 Å². The highest BCUT2D eigenvalue weighted by molar-refractivity contribution is 5.94. The van der Waals surface area contributed by atoms with Gasteiger partial charge in [0.15, 0.2) is 0 Å². The summed E-state index contributed by atoms with van der Waals surface area (Å²) in [6.45, 7) is 5.86. The number of aromatic nitrogens is 2. The highest BCUT2D eigenvalue weighted by Crippen LogP contribution is 2.09. The van der Waals surface area contributed by atoms with E-state index in [4.69, 9.17) is 4.74 Å². The van der Waals surface area contributed by atoms with Gasteiger partial charge in [-0.25, -0.2) is 0 Å². The van der Waals surface area contributed by atoms with Crippen LogP contribution in [0.5, 0.6) is 0 Å². The van der Waals surface area contributed by atoms with E-state index in [0.717, 1.165) is 0 Å². The molecule has 5 heteroatoms. The van der Waals surface area contributed by atoms with Crippen LogP contribution in [-0.2, 0) is 9.53 Å². The molecule has 1 heterocycles. The smallest absolute Gasteiger partial charge is 0.253 e. The topological polar surface area (TPSA) is 64.1 Å². The summed E-state index contributed by atoms with van der Waals surface area (Å²) in [4.78, 5) is 11.6. The van der Waals surface area contributed by atoms with Crippen LogP contribution in [0.2, 0.25) is 0 Å². The Balaban J connectivity index is 2.62. The summed E-state index contributed by atoms with van der Waals surface area (Å²) < 4.78 is 5.17. The Morgan fingerprint density at radius 2 is 2.40 bits per heavy atom. The number of carbonyl (C=O) groups is 1. The molecular formula is C10H15N3O2. The molecule has 0 aliphatic carbocycles. The van der Waals surface area contributed by atoms with Crippen LogP contribution in [0.3, 0.4) is 0 Å². The largest absolute Gasteiger partial charge is 0.369 e. The van der Waals surface area contributed by atoms with Gasteiger partial charge in [-0.2, -0.15) is 10.2 Å². The molecule has 15 heavy (non-hydrogen) atoms. The van der Waals surface area contributed by atoms with Crippen LogP contribution in [0.1, 0.15) is 19.5 Å². The standard InChI is InChI=1S/C10H15N3O2/c1-4-15-8(3)10(14)12-9-5-6-11-13-7(9)2/h5-6,8H,4H2,1-3H3,(H,11,12,14). The predicted octanol–water partition coefficient (Wildman–Crippen LogP) is 1.15. The lowest BCUT2D eigenvalue weighted by Gasteiger charge is -2.12. The summed E-state index contributed by atoms with van der Waals surface area (Å²) in [5, 5.41) is 10.3. The minimum Gasteiger partial charge on any atom is -0.369 e. The van der Waals surface area contributed by atoms with Crippen molar-refractivity contribution in [3.63, 3.8) is 0 Å².